The van der Waals surface area contributed by atoms with Crippen molar-refractivity contribution in [1.29, 1.82) is 0 Å². The normalized spacial score (nSPS) is 12.5. The molecule has 0 spiro atoms. The van der Waals surface area contributed by atoms with Crippen LogP contribution in [0.4, 0.5) is 5.69 Å². The van der Waals surface area contributed by atoms with Gasteiger partial charge in [-0.1, -0.05) is 17.7 Å². The maximum atomic E-state index is 12.5. The van der Waals surface area contributed by atoms with Crippen LogP contribution >= 0.6 is 11.6 Å². The Morgan fingerprint density at radius 2 is 1.92 bits per heavy atom. The van der Waals surface area contributed by atoms with Crippen LogP contribution in [-0.2, 0) is 14.8 Å². The molecule has 0 aliphatic carbocycles. The van der Waals surface area contributed by atoms with E-state index in [1.54, 1.807) is 37.3 Å². The van der Waals surface area contributed by atoms with Crippen molar-refractivity contribution in [1.82, 2.24) is 4.72 Å². The summed E-state index contributed by atoms with van der Waals surface area (Å²) in [5.74, 6) is 0.0989. The van der Waals surface area contributed by atoms with Crippen LogP contribution in [0.5, 0.6) is 5.75 Å². The van der Waals surface area contributed by atoms with Crippen LogP contribution in [0.3, 0.4) is 0 Å². The summed E-state index contributed by atoms with van der Waals surface area (Å²) in [6, 6.07) is 10.1. The molecule has 0 aliphatic rings. The maximum Gasteiger partial charge on any atom is 0.242 e. The Morgan fingerprint density at radius 3 is 2.52 bits per heavy atom. The summed E-state index contributed by atoms with van der Waals surface area (Å²) in [7, 11) is -2.33. The van der Waals surface area contributed by atoms with Gasteiger partial charge < -0.3 is 10.1 Å². The third-order valence-electron chi connectivity index (χ3n) is 3.49. The van der Waals surface area contributed by atoms with Crippen LogP contribution in [0, 0.1) is 6.92 Å². The largest absolute Gasteiger partial charge is 0.496 e. The van der Waals surface area contributed by atoms with E-state index in [2.05, 4.69) is 10.0 Å². The number of carbonyl (C=O) groups excluding carboxylic acids is 1. The molecular weight excluding hydrogens is 364 g/mol. The molecule has 134 valence electrons. The van der Waals surface area contributed by atoms with Gasteiger partial charge in [-0.15, -0.1) is 0 Å². The topological polar surface area (TPSA) is 84.5 Å². The average Bonchev–Trinajstić information content (AvgIpc) is 2.54. The maximum absolute atomic E-state index is 12.5. The van der Waals surface area contributed by atoms with E-state index in [4.69, 9.17) is 16.3 Å². The van der Waals surface area contributed by atoms with Gasteiger partial charge in [-0.3, -0.25) is 4.79 Å². The molecule has 0 fully saturated rings. The molecule has 0 aliphatic heterocycles. The molecule has 2 aromatic rings. The molecule has 0 saturated carbocycles. The monoisotopic (exact) mass is 382 g/mol. The van der Waals surface area contributed by atoms with Gasteiger partial charge in [0.15, 0.2) is 0 Å². The molecular formula is C17H19ClN2O4S. The zero-order valence-corrected chi connectivity index (χ0v) is 15.6. The number of methoxy groups -OCH3 is 1. The fourth-order valence-corrected chi connectivity index (χ4v) is 3.67. The van der Waals surface area contributed by atoms with Gasteiger partial charge in [0, 0.05) is 10.7 Å². The van der Waals surface area contributed by atoms with Crippen molar-refractivity contribution in [3.8, 4) is 5.75 Å². The number of benzene rings is 2. The number of hydrogen-bond acceptors (Lipinski definition) is 4. The van der Waals surface area contributed by atoms with Gasteiger partial charge in [-0.05, 0) is 55.8 Å². The second-order valence-corrected chi connectivity index (χ2v) is 7.62. The summed E-state index contributed by atoms with van der Waals surface area (Å²) in [6.45, 7) is 3.21. The van der Waals surface area contributed by atoms with Crippen LogP contribution < -0.4 is 14.8 Å². The van der Waals surface area contributed by atoms with Gasteiger partial charge in [0.1, 0.15) is 5.75 Å². The predicted octanol–water partition coefficient (Wildman–Crippen LogP) is 2.96. The Hall–Kier alpha value is -2.09. The highest BCUT2D eigenvalue weighted by atomic mass is 35.5. The molecule has 1 unspecified atom stereocenters. The van der Waals surface area contributed by atoms with Crippen molar-refractivity contribution < 1.29 is 17.9 Å². The lowest BCUT2D eigenvalue weighted by molar-refractivity contribution is -0.117. The lowest BCUT2D eigenvalue weighted by Gasteiger charge is -2.15. The highest BCUT2D eigenvalue weighted by Crippen LogP contribution is 2.21. The number of hydrogen-bond donors (Lipinski definition) is 2. The fraction of sp³-hybridized carbons (Fsp3) is 0.235. The van der Waals surface area contributed by atoms with Crippen molar-refractivity contribution >= 4 is 33.2 Å². The Labute approximate surface area is 152 Å². The van der Waals surface area contributed by atoms with Crippen LogP contribution in [-0.4, -0.2) is 27.5 Å². The Balaban J connectivity index is 2.11. The van der Waals surface area contributed by atoms with Gasteiger partial charge in [0.2, 0.25) is 15.9 Å². The summed E-state index contributed by atoms with van der Waals surface area (Å²) in [4.78, 5) is 12.3. The van der Waals surface area contributed by atoms with Crippen molar-refractivity contribution in [3.63, 3.8) is 0 Å². The Morgan fingerprint density at radius 1 is 1.20 bits per heavy atom. The first kappa shape index (κ1) is 19.2. The van der Waals surface area contributed by atoms with Crippen molar-refractivity contribution in [2.24, 2.45) is 0 Å². The number of halogens is 1. The van der Waals surface area contributed by atoms with Crippen LogP contribution in [0.2, 0.25) is 5.02 Å². The minimum absolute atomic E-state index is 0.0632. The van der Waals surface area contributed by atoms with E-state index < -0.39 is 22.0 Å². The van der Waals surface area contributed by atoms with E-state index in [9.17, 15) is 13.2 Å². The lowest BCUT2D eigenvalue weighted by atomic mass is 10.2. The summed E-state index contributed by atoms with van der Waals surface area (Å²) in [5.41, 5.74) is 1.17. The quantitative estimate of drug-likeness (QED) is 0.804. The Kier molecular flexibility index (Phi) is 6.05. The number of sulfonamides is 1. The number of carbonyl (C=O) groups is 1. The second kappa shape index (κ2) is 7.86. The number of aryl methyl sites for hydroxylation is 1. The zero-order chi connectivity index (χ0) is 18.6. The number of anilines is 1. The molecule has 25 heavy (non-hydrogen) atoms. The van der Waals surface area contributed by atoms with Crippen molar-refractivity contribution in [2.45, 2.75) is 24.8 Å². The molecule has 6 nitrogen and oxygen atoms in total. The number of rotatable bonds is 6. The fourth-order valence-electron chi connectivity index (χ4n) is 2.19. The number of ether oxygens (including phenoxy) is 1. The van der Waals surface area contributed by atoms with Crippen LogP contribution in [0.15, 0.2) is 47.4 Å². The van der Waals surface area contributed by atoms with E-state index in [0.29, 0.717) is 22.0 Å². The van der Waals surface area contributed by atoms with Crippen LogP contribution in [0.1, 0.15) is 12.5 Å². The highest BCUT2D eigenvalue weighted by molar-refractivity contribution is 7.89. The average molecular weight is 383 g/mol. The molecule has 0 bridgehead atoms. The van der Waals surface area contributed by atoms with E-state index >= 15 is 0 Å². The zero-order valence-electron chi connectivity index (χ0n) is 14.0. The van der Waals surface area contributed by atoms with Crippen LogP contribution in [0.25, 0.3) is 0 Å². The molecule has 0 saturated heterocycles. The van der Waals surface area contributed by atoms with Gasteiger partial charge >= 0.3 is 0 Å². The van der Waals surface area contributed by atoms with E-state index in [-0.39, 0.29) is 4.90 Å². The molecule has 0 radical (unpaired) electrons. The molecule has 1 atom stereocenters. The third-order valence-corrected chi connectivity index (χ3v) is 5.27. The summed E-state index contributed by atoms with van der Waals surface area (Å²) < 4.78 is 32.4. The van der Waals surface area contributed by atoms with Gasteiger partial charge in [0.25, 0.3) is 0 Å². The first-order chi connectivity index (χ1) is 11.7. The lowest BCUT2D eigenvalue weighted by Crippen LogP contribution is -2.41. The second-order valence-electron chi connectivity index (χ2n) is 5.47. The molecule has 2 N–H and O–H groups in total. The summed E-state index contributed by atoms with van der Waals surface area (Å²) in [5, 5.41) is 3.09. The Bertz CT molecular complexity index is 884. The van der Waals surface area contributed by atoms with Crippen molar-refractivity contribution in [2.75, 3.05) is 12.4 Å². The first-order valence-corrected chi connectivity index (χ1v) is 9.32. The molecule has 8 heteroatoms. The molecule has 0 aromatic heterocycles. The van der Waals surface area contributed by atoms with Gasteiger partial charge in [-0.2, -0.15) is 4.72 Å². The molecule has 2 rings (SSSR count). The first-order valence-electron chi connectivity index (χ1n) is 7.46. The standard InChI is InChI=1S/C17H19ClN2O4S/c1-11-9-15(7-8-16(11)24-3)25(22,23)20-12(2)17(21)19-14-6-4-5-13(18)10-14/h4-10,12,20H,1-3H3,(H,19,21). The number of amides is 1. The summed E-state index contributed by atoms with van der Waals surface area (Å²) in [6.07, 6.45) is 0. The molecule has 0 heterocycles. The summed E-state index contributed by atoms with van der Waals surface area (Å²) >= 11 is 5.86. The van der Waals surface area contributed by atoms with E-state index in [1.165, 1.54) is 26.2 Å². The third kappa shape index (κ3) is 4.94. The highest BCUT2D eigenvalue weighted by Gasteiger charge is 2.22. The van der Waals surface area contributed by atoms with Crippen molar-refractivity contribution in [3.05, 3.63) is 53.1 Å². The SMILES string of the molecule is COc1ccc(S(=O)(=O)NC(C)C(=O)Nc2cccc(Cl)c2)cc1C. The van der Waals surface area contributed by atoms with E-state index in [0.717, 1.165) is 0 Å². The molecule has 1 amide bonds. The minimum Gasteiger partial charge on any atom is -0.496 e. The predicted molar refractivity (Wildman–Crippen MR) is 97.6 cm³/mol. The van der Waals surface area contributed by atoms with Gasteiger partial charge in [0.05, 0.1) is 18.0 Å². The van der Waals surface area contributed by atoms with E-state index in [1.807, 2.05) is 0 Å². The van der Waals surface area contributed by atoms with Gasteiger partial charge in [-0.25, -0.2) is 8.42 Å². The smallest absolute Gasteiger partial charge is 0.242 e. The number of nitrogens with one attached hydrogen (secondary N) is 2. The minimum atomic E-state index is -3.84. The molecule has 2 aromatic carbocycles.